The highest BCUT2D eigenvalue weighted by Crippen LogP contribution is 2.31. The highest BCUT2D eigenvalue weighted by atomic mass is 16.2. The Hall–Kier alpha value is -0.570. The molecule has 0 radical (unpaired) electrons. The third-order valence-electron chi connectivity index (χ3n) is 4.48. The molecule has 1 fully saturated rings. The quantitative estimate of drug-likeness (QED) is 0.822. The number of carbonyl (C=O) groups is 1. The van der Waals surface area contributed by atoms with E-state index < -0.39 is 0 Å². The number of nitrogens with two attached hydrogens (primary N) is 1. The monoisotopic (exact) mass is 240 g/mol. The normalized spacial score (nSPS) is 31.4. The first-order valence-corrected chi connectivity index (χ1v) is 6.86. The molecule has 100 valence electrons. The fourth-order valence-corrected chi connectivity index (χ4v) is 2.61. The van der Waals surface area contributed by atoms with E-state index in [2.05, 4.69) is 27.7 Å². The number of rotatable bonds is 3. The summed E-state index contributed by atoms with van der Waals surface area (Å²) >= 11 is 0. The summed E-state index contributed by atoms with van der Waals surface area (Å²) in [5, 5.41) is 0. The van der Waals surface area contributed by atoms with Gasteiger partial charge in [-0.25, -0.2) is 0 Å². The van der Waals surface area contributed by atoms with Crippen molar-refractivity contribution >= 4 is 5.91 Å². The van der Waals surface area contributed by atoms with Crippen LogP contribution in [0.25, 0.3) is 0 Å². The Morgan fingerprint density at radius 1 is 1.29 bits per heavy atom. The topological polar surface area (TPSA) is 46.3 Å². The van der Waals surface area contributed by atoms with Crippen molar-refractivity contribution in [1.82, 2.24) is 4.90 Å². The van der Waals surface area contributed by atoms with E-state index in [-0.39, 0.29) is 17.9 Å². The van der Waals surface area contributed by atoms with E-state index in [9.17, 15) is 4.79 Å². The third-order valence-corrected chi connectivity index (χ3v) is 4.48. The Bertz CT molecular complexity index is 265. The lowest BCUT2D eigenvalue weighted by molar-refractivity contribution is -0.139. The average molecular weight is 240 g/mol. The Kier molecular flexibility index (Phi) is 4.99. The summed E-state index contributed by atoms with van der Waals surface area (Å²) < 4.78 is 0. The molecule has 0 aliphatic heterocycles. The number of amides is 1. The fourth-order valence-electron chi connectivity index (χ4n) is 2.61. The predicted molar refractivity (Wildman–Crippen MR) is 71.6 cm³/mol. The second-order valence-corrected chi connectivity index (χ2v) is 6.09. The summed E-state index contributed by atoms with van der Waals surface area (Å²) in [4.78, 5) is 14.4. The highest BCUT2D eigenvalue weighted by Gasteiger charge is 2.34. The minimum atomic E-state index is 0.130. The minimum absolute atomic E-state index is 0.130. The lowest BCUT2D eigenvalue weighted by atomic mass is 9.77. The molecule has 1 aliphatic rings. The van der Waals surface area contributed by atoms with Gasteiger partial charge in [0.15, 0.2) is 0 Å². The lowest BCUT2D eigenvalue weighted by Crippen LogP contribution is -2.46. The van der Waals surface area contributed by atoms with Gasteiger partial charge in [0.1, 0.15) is 0 Å². The molecule has 4 atom stereocenters. The van der Waals surface area contributed by atoms with Gasteiger partial charge in [0, 0.05) is 25.0 Å². The zero-order chi connectivity index (χ0) is 13.2. The van der Waals surface area contributed by atoms with Crippen LogP contribution >= 0.6 is 0 Å². The Morgan fingerprint density at radius 2 is 1.88 bits per heavy atom. The molecule has 1 amide bonds. The van der Waals surface area contributed by atoms with E-state index in [1.54, 1.807) is 0 Å². The minimum Gasteiger partial charge on any atom is -0.343 e. The largest absolute Gasteiger partial charge is 0.343 e. The number of hydrogen-bond acceptors (Lipinski definition) is 2. The van der Waals surface area contributed by atoms with Gasteiger partial charge < -0.3 is 10.6 Å². The van der Waals surface area contributed by atoms with Crippen LogP contribution in [0.1, 0.15) is 47.0 Å². The van der Waals surface area contributed by atoms with E-state index in [0.717, 1.165) is 19.3 Å². The second kappa shape index (κ2) is 5.85. The van der Waals surface area contributed by atoms with Crippen molar-refractivity contribution in [3.05, 3.63) is 0 Å². The van der Waals surface area contributed by atoms with Crippen molar-refractivity contribution < 1.29 is 4.79 Å². The maximum absolute atomic E-state index is 12.5. The van der Waals surface area contributed by atoms with Crippen molar-refractivity contribution in [2.75, 3.05) is 7.05 Å². The molecule has 0 saturated heterocycles. The molecule has 1 aliphatic carbocycles. The molecule has 0 spiro atoms. The first kappa shape index (κ1) is 14.5. The van der Waals surface area contributed by atoms with Gasteiger partial charge in [0.05, 0.1) is 0 Å². The van der Waals surface area contributed by atoms with Crippen molar-refractivity contribution in [2.24, 2.45) is 23.5 Å². The fraction of sp³-hybridized carbons (Fsp3) is 0.929. The summed E-state index contributed by atoms with van der Waals surface area (Å²) in [6.45, 7) is 8.62. The molecule has 0 bridgehead atoms. The van der Waals surface area contributed by atoms with Gasteiger partial charge in [-0.05, 0) is 38.0 Å². The molecule has 3 nitrogen and oxygen atoms in total. The van der Waals surface area contributed by atoms with Crippen molar-refractivity contribution in [1.29, 1.82) is 0 Å². The molecule has 2 N–H and O–H groups in total. The zero-order valence-corrected chi connectivity index (χ0v) is 11.9. The van der Waals surface area contributed by atoms with Crippen molar-refractivity contribution in [3.8, 4) is 0 Å². The average Bonchev–Trinajstić information content (AvgIpc) is 2.29. The number of nitrogens with zero attached hydrogens (tertiary/aromatic N) is 1. The van der Waals surface area contributed by atoms with Crippen LogP contribution in [0.2, 0.25) is 0 Å². The van der Waals surface area contributed by atoms with Crippen LogP contribution in [0.4, 0.5) is 0 Å². The van der Waals surface area contributed by atoms with Gasteiger partial charge in [0.25, 0.3) is 0 Å². The molecule has 17 heavy (non-hydrogen) atoms. The van der Waals surface area contributed by atoms with Gasteiger partial charge in [-0.2, -0.15) is 0 Å². The lowest BCUT2D eigenvalue weighted by Gasteiger charge is -2.37. The van der Waals surface area contributed by atoms with Crippen molar-refractivity contribution in [3.63, 3.8) is 0 Å². The van der Waals surface area contributed by atoms with Gasteiger partial charge in [-0.1, -0.05) is 20.8 Å². The van der Waals surface area contributed by atoms with Crippen LogP contribution in [-0.4, -0.2) is 29.9 Å². The molecule has 0 heterocycles. The summed E-state index contributed by atoms with van der Waals surface area (Å²) in [7, 11) is 1.93. The van der Waals surface area contributed by atoms with Crippen LogP contribution in [0.15, 0.2) is 0 Å². The molecule has 3 heteroatoms. The standard InChI is InChI=1S/C14H28N2O/c1-9(2)11(4)16(5)14(17)13-8-12(15)7-6-10(13)3/h9-13H,6-8,15H2,1-5H3. The maximum Gasteiger partial charge on any atom is 0.225 e. The molecule has 0 aromatic carbocycles. The molecule has 0 aromatic heterocycles. The number of hydrogen-bond donors (Lipinski definition) is 1. The summed E-state index contributed by atoms with van der Waals surface area (Å²) in [6, 6.07) is 0.510. The van der Waals surface area contributed by atoms with E-state index in [4.69, 9.17) is 5.73 Å². The van der Waals surface area contributed by atoms with Gasteiger partial charge in [0.2, 0.25) is 5.91 Å². The molecule has 4 unspecified atom stereocenters. The first-order valence-electron chi connectivity index (χ1n) is 6.86. The Morgan fingerprint density at radius 3 is 2.41 bits per heavy atom. The van der Waals surface area contributed by atoms with Gasteiger partial charge in [-0.3, -0.25) is 4.79 Å². The molecule has 0 aromatic rings. The van der Waals surface area contributed by atoms with Crippen LogP contribution in [0, 0.1) is 17.8 Å². The first-order chi connectivity index (χ1) is 7.84. The SMILES string of the molecule is CC(C)C(C)N(C)C(=O)C1CC(N)CCC1C. The van der Waals surface area contributed by atoms with Gasteiger partial charge in [-0.15, -0.1) is 0 Å². The van der Waals surface area contributed by atoms with E-state index >= 15 is 0 Å². The van der Waals surface area contributed by atoms with E-state index in [0.29, 0.717) is 17.9 Å². The molecule has 1 saturated carbocycles. The maximum atomic E-state index is 12.5. The van der Waals surface area contributed by atoms with Crippen LogP contribution in [0.5, 0.6) is 0 Å². The molecular formula is C14H28N2O. The van der Waals surface area contributed by atoms with Crippen LogP contribution in [-0.2, 0) is 4.79 Å². The Balaban J connectivity index is 2.67. The summed E-state index contributed by atoms with van der Waals surface area (Å²) in [5.41, 5.74) is 5.99. The zero-order valence-electron chi connectivity index (χ0n) is 11.9. The van der Waals surface area contributed by atoms with Crippen molar-refractivity contribution in [2.45, 2.75) is 59.0 Å². The predicted octanol–water partition coefficient (Wildman–Crippen LogP) is 2.25. The Labute approximate surface area is 106 Å². The molecule has 1 rings (SSSR count). The van der Waals surface area contributed by atoms with Gasteiger partial charge >= 0.3 is 0 Å². The molecular weight excluding hydrogens is 212 g/mol. The smallest absolute Gasteiger partial charge is 0.225 e. The second-order valence-electron chi connectivity index (χ2n) is 6.09. The van der Waals surface area contributed by atoms with Crippen LogP contribution in [0.3, 0.4) is 0 Å². The van der Waals surface area contributed by atoms with E-state index in [1.165, 1.54) is 0 Å². The summed E-state index contributed by atoms with van der Waals surface area (Å²) in [5.74, 6) is 1.39. The highest BCUT2D eigenvalue weighted by molar-refractivity contribution is 5.79. The summed E-state index contributed by atoms with van der Waals surface area (Å²) in [6.07, 6.45) is 3.00. The van der Waals surface area contributed by atoms with E-state index in [1.807, 2.05) is 11.9 Å². The number of carbonyl (C=O) groups excluding carboxylic acids is 1. The van der Waals surface area contributed by atoms with Crippen LogP contribution < -0.4 is 5.73 Å². The third kappa shape index (κ3) is 3.44.